The van der Waals surface area contributed by atoms with Crippen LogP contribution in [0.15, 0.2) is 29.3 Å². The van der Waals surface area contributed by atoms with Gasteiger partial charge in [0.05, 0.1) is 12.6 Å². The smallest absolute Gasteiger partial charge is 0.191 e. The number of rotatable bonds is 7. The molecule has 21 heavy (non-hydrogen) atoms. The third-order valence-electron chi connectivity index (χ3n) is 3.82. The van der Waals surface area contributed by atoms with Crippen molar-refractivity contribution in [3.05, 3.63) is 35.4 Å². The Kier molecular flexibility index (Phi) is 6.05. The van der Waals surface area contributed by atoms with Crippen molar-refractivity contribution in [2.24, 2.45) is 10.9 Å². The molecule has 0 aromatic heterocycles. The first-order valence-corrected chi connectivity index (χ1v) is 7.81. The number of nitrogens with one attached hydrogen (secondary N) is 2. The average Bonchev–Trinajstić information content (AvgIpc) is 3.30. The lowest BCUT2D eigenvalue weighted by Crippen LogP contribution is -2.40. The zero-order chi connectivity index (χ0) is 15.1. The van der Waals surface area contributed by atoms with Gasteiger partial charge in [0.15, 0.2) is 5.96 Å². The third-order valence-corrected chi connectivity index (χ3v) is 3.82. The normalized spacial score (nSPS) is 16.6. The van der Waals surface area contributed by atoms with Gasteiger partial charge in [0, 0.05) is 20.2 Å². The first-order chi connectivity index (χ1) is 10.2. The van der Waals surface area contributed by atoms with Gasteiger partial charge in [0.25, 0.3) is 0 Å². The second kappa shape index (κ2) is 8.03. The van der Waals surface area contributed by atoms with Crippen LogP contribution in [0.5, 0.6) is 0 Å². The first-order valence-electron chi connectivity index (χ1n) is 7.81. The summed E-state index contributed by atoms with van der Waals surface area (Å²) >= 11 is 0. The highest BCUT2D eigenvalue weighted by molar-refractivity contribution is 5.80. The molecule has 0 radical (unpaired) electrons. The molecule has 0 bridgehead atoms. The van der Waals surface area contributed by atoms with Crippen LogP contribution in [0.1, 0.15) is 36.9 Å². The van der Waals surface area contributed by atoms with Gasteiger partial charge in [0.2, 0.25) is 0 Å². The summed E-state index contributed by atoms with van der Waals surface area (Å²) in [7, 11) is 1.80. The zero-order valence-electron chi connectivity index (χ0n) is 13.4. The van der Waals surface area contributed by atoms with Crippen LogP contribution in [0.25, 0.3) is 0 Å². The van der Waals surface area contributed by atoms with Crippen molar-refractivity contribution in [1.29, 1.82) is 0 Å². The molecular weight excluding hydrogens is 262 g/mol. The van der Waals surface area contributed by atoms with Crippen LogP contribution in [0.3, 0.4) is 0 Å². The van der Waals surface area contributed by atoms with Crippen LogP contribution >= 0.6 is 0 Å². The van der Waals surface area contributed by atoms with Gasteiger partial charge >= 0.3 is 0 Å². The van der Waals surface area contributed by atoms with E-state index < -0.39 is 0 Å². The molecule has 1 saturated carbocycles. The van der Waals surface area contributed by atoms with E-state index in [-0.39, 0.29) is 6.04 Å². The van der Waals surface area contributed by atoms with E-state index in [4.69, 9.17) is 4.74 Å². The molecule has 0 spiro atoms. The van der Waals surface area contributed by atoms with Gasteiger partial charge in [-0.05, 0) is 43.7 Å². The fraction of sp³-hybridized carbons (Fsp3) is 0.588. The van der Waals surface area contributed by atoms with Gasteiger partial charge in [0.1, 0.15) is 0 Å². The molecule has 1 aromatic carbocycles. The van der Waals surface area contributed by atoms with Crippen LogP contribution in [0, 0.1) is 12.8 Å². The van der Waals surface area contributed by atoms with E-state index in [1.54, 1.807) is 7.05 Å². The number of aryl methyl sites for hydroxylation is 1. The summed E-state index contributed by atoms with van der Waals surface area (Å²) in [6.45, 7) is 6.71. The molecule has 1 fully saturated rings. The maximum absolute atomic E-state index is 5.62. The van der Waals surface area contributed by atoms with Gasteiger partial charge in [-0.3, -0.25) is 4.99 Å². The zero-order valence-corrected chi connectivity index (χ0v) is 13.4. The van der Waals surface area contributed by atoms with Crippen molar-refractivity contribution in [2.75, 3.05) is 26.8 Å². The Morgan fingerprint density at radius 2 is 2.14 bits per heavy atom. The lowest BCUT2D eigenvalue weighted by atomic mass is 10.0. The number of hydrogen-bond acceptors (Lipinski definition) is 2. The first kappa shape index (κ1) is 15.8. The molecule has 0 heterocycles. The third kappa shape index (κ3) is 5.38. The molecule has 2 N–H and O–H groups in total. The van der Waals surface area contributed by atoms with Crippen molar-refractivity contribution >= 4 is 5.96 Å². The maximum atomic E-state index is 5.62. The van der Waals surface area contributed by atoms with Crippen LogP contribution in [0.4, 0.5) is 0 Å². The molecular formula is C17H27N3O. The topological polar surface area (TPSA) is 45.7 Å². The maximum Gasteiger partial charge on any atom is 0.191 e. The minimum atomic E-state index is 0.227. The Hall–Kier alpha value is -1.55. The van der Waals surface area contributed by atoms with Gasteiger partial charge in [-0.15, -0.1) is 0 Å². The summed E-state index contributed by atoms with van der Waals surface area (Å²) in [6.07, 6.45) is 2.68. The van der Waals surface area contributed by atoms with Crippen molar-refractivity contribution < 1.29 is 4.74 Å². The fourth-order valence-electron chi connectivity index (χ4n) is 2.33. The van der Waals surface area contributed by atoms with Gasteiger partial charge < -0.3 is 15.4 Å². The SMILES string of the molecule is CN=C(NCCOCC1CC1)NC(C)c1ccccc1C. The van der Waals surface area contributed by atoms with Crippen LogP contribution in [-0.2, 0) is 4.74 Å². The molecule has 1 atom stereocenters. The van der Waals surface area contributed by atoms with E-state index in [0.29, 0.717) is 0 Å². The highest BCUT2D eigenvalue weighted by Crippen LogP contribution is 2.28. The lowest BCUT2D eigenvalue weighted by molar-refractivity contribution is 0.129. The Morgan fingerprint density at radius 1 is 1.38 bits per heavy atom. The van der Waals surface area contributed by atoms with Gasteiger partial charge in [-0.25, -0.2) is 0 Å². The van der Waals surface area contributed by atoms with E-state index in [2.05, 4.69) is 53.7 Å². The lowest BCUT2D eigenvalue weighted by Gasteiger charge is -2.19. The van der Waals surface area contributed by atoms with Crippen LogP contribution < -0.4 is 10.6 Å². The average molecular weight is 289 g/mol. The minimum absolute atomic E-state index is 0.227. The van der Waals surface area contributed by atoms with Gasteiger partial charge in [-0.2, -0.15) is 0 Å². The highest BCUT2D eigenvalue weighted by Gasteiger charge is 2.20. The number of ether oxygens (including phenoxy) is 1. The minimum Gasteiger partial charge on any atom is -0.379 e. The second-order valence-electron chi connectivity index (χ2n) is 5.74. The summed E-state index contributed by atoms with van der Waals surface area (Å²) in [6, 6.07) is 8.65. The van der Waals surface area contributed by atoms with E-state index in [1.807, 2.05) is 0 Å². The largest absolute Gasteiger partial charge is 0.379 e. The van der Waals surface area contributed by atoms with Crippen molar-refractivity contribution in [3.8, 4) is 0 Å². The molecule has 1 unspecified atom stereocenters. The summed E-state index contributed by atoms with van der Waals surface area (Å²) in [5.41, 5.74) is 2.59. The molecule has 0 saturated heterocycles. The number of nitrogens with zero attached hydrogens (tertiary/aromatic N) is 1. The highest BCUT2D eigenvalue weighted by atomic mass is 16.5. The Bertz CT molecular complexity index is 469. The van der Waals surface area contributed by atoms with Crippen LogP contribution in [0.2, 0.25) is 0 Å². The standard InChI is InChI=1S/C17H27N3O/c1-13-6-4-5-7-16(13)14(2)20-17(18-3)19-10-11-21-12-15-8-9-15/h4-7,14-15H,8-12H2,1-3H3,(H2,18,19,20). The molecule has 1 aliphatic rings. The Morgan fingerprint density at radius 3 is 2.81 bits per heavy atom. The molecule has 4 nitrogen and oxygen atoms in total. The van der Waals surface area contributed by atoms with Crippen LogP contribution in [-0.4, -0.2) is 32.8 Å². The molecule has 4 heteroatoms. The summed E-state index contributed by atoms with van der Waals surface area (Å²) in [5, 5.41) is 6.72. The number of aliphatic imine (C=N–C) groups is 1. The van der Waals surface area contributed by atoms with Crippen molar-refractivity contribution in [1.82, 2.24) is 10.6 Å². The molecule has 0 aliphatic heterocycles. The molecule has 2 rings (SSSR count). The molecule has 0 amide bonds. The van der Waals surface area contributed by atoms with Crippen molar-refractivity contribution in [3.63, 3.8) is 0 Å². The number of benzene rings is 1. The second-order valence-corrected chi connectivity index (χ2v) is 5.74. The number of guanidine groups is 1. The summed E-state index contributed by atoms with van der Waals surface area (Å²) < 4.78 is 5.62. The Labute approximate surface area is 128 Å². The molecule has 116 valence electrons. The van der Waals surface area contributed by atoms with E-state index in [0.717, 1.165) is 31.6 Å². The Balaban J connectivity index is 1.72. The number of hydrogen-bond donors (Lipinski definition) is 2. The predicted molar refractivity (Wildman–Crippen MR) is 87.6 cm³/mol. The summed E-state index contributed by atoms with van der Waals surface area (Å²) in [5.74, 6) is 1.64. The van der Waals surface area contributed by atoms with E-state index in [1.165, 1.54) is 24.0 Å². The molecule has 1 aromatic rings. The van der Waals surface area contributed by atoms with E-state index in [9.17, 15) is 0 Å². The van der Waals surface area contributed by atoms with Crippen molar-refractivity contribution in [2.45, 2.75) is 32.7 Å². The monoisotopic (exact) mass is 289 g/mol. The summed E-state index contributed by atoms with van der Waals surface area (Å²) in [4.78, 5) is 4.27. The predicted octanol–water partition coefficient (Wildman–Crippen LogP) is 2.65. The fourth-order valence-corrected chi connectivity index (χ4v) is 2.33. The van der Waals surface area contributed by atoms with Gasteiger partial charge in [-0.1, -0.05) is 24.3 Å². The quantitative estimate of drug-likeness (QED) is 0.461. The van der Waals surface area contributed by atoms with E-state index >= 15 is 0 Å². The molecule has 1 aliphatic carbocycles.